The second kappa shape index (κ2) is 7.54. The Morgan fingerprint density at radius 3 is 2.42 bits per heavy atom. The van der Waals surface area contributed by atoms with Crippen LogP contribution < -0.4 is 5.32 Å². The Labute approximate surface area is 146 Å². The van der Waals surface area contributed by atoms with Gasteiger partial charge in [0.05, 0.1) is 24.4 Å². The monoisotopic (exact) mass is 337 g/mol. The summed E-state index contributed by atoms with van der Waals surface area (Å²) >= 11 is 0. The Bertz CT molecular complexity index is 538. The summed E-state index contributed by atoms with van der Waals surface area (Å²) in [7, 11) is 0. The van der Waals surface area contributed by atoms with Gasteiger partial charge in [0.25, 0.3) is 0 Å². The first-order chi connectivity index (χ1) is 11.2. The number of aliphatic hydroxyl groups excluding tert-OH is 1. The van der Waals surface area contributed by atoms with Gasteiger partial charge >= 0.3 is 0 Å². The lowest BCUT2D eigenvalue weighted by Crippen LogP contribution is -2.44. The standard InChI is InChI=1S/C19H35N3O2/c1-14-17(15(2)22(21-14)10-11-23)12-20-13-19(24)8-6-16(7-9-19)18(3,4)5/h16,20,23-24H,6-13H2,1-5H3. The van der Waals surface area contributed by atoms with E-state index < -0.39 is 5.60 Å². The van der Waals surface area contributed by atoms with Gasteiger partial charge < -0.3 is 15.5 Å². The van der Waals surface area contributed by atoms with E-state index in [2.05, 4.69) is 31.2 Å². The van der Waals surface area contributed by atoms with Gasteiger partial charge in [-0.15, -0.1) is 0 Å². The highest BCUT2D eigenvalue weighted by Gasteiger charge is 2.37. The average Bonchev–Trinajstić information content (AvgIpc) is 2.74. The Kier molecular flexibility index (Phi) is 6.10. The molecule has 138 valence electrons. The number of aliphatic hydroxyl groups is 2. The van der Waals surface area contributed by atoms with Crippen molar-refractivity contribution in [3.05, 3.63) is 17.0 Å². The number of hydrogen-bond donors (Lipinski definition) is 3. The van der Waals surface area contributed by atoms with Crippen LogP contribution in [0.5, 0.6) is 0 Å². The highest BCUT2D eigenvalue weighted by molar-refractivity contribution is 5.24. The van der Waals surface area contributed by atoms with Crippen LogP contribution in [0.3, 0.4) is 0 Å². The third-order valence-electron chi connectivity index (χ3n) is 5.74. The molecule has 2 rings (SSSR count). The molecule has 0 atom stereocenters. The van der Waals surface area contributed by atoms with Crippen LogP contribution in [0.25, 0.3) is 0 Å². The minimum Gasteiger partial charge on any atom is -0.394 e. The summed E-state index contributed by atoms with van der Waals surface area (Å²) in [6.07, 6.45) is 3.97. The third kappa shape index (κ3) is 4.58. The molecule has 0 spiro atoms. The van der Waals surface area contributed by atoms with E-state index in [4.69, 9.17) is 5.11 Å². The van der Waals surface area contributed by atoms with Gasteiger partial charge in [0.1, 0.15) is 0 Å². The molecule has 0 aliphatic heterocycles. The normalized spacial score (nSPS) is 25.2. The van der Waals surface area contributed by atoms with Crippen LogP contribution >= 0.6 is 0 Å². The molecule has 3 N–H and O–H groups in total. The molecule has 1 aliphatic rings. The molecule has 0 amide bonds. The fourth-order valence-corrected chi connectivity index (χ4v) is 3.92. The van der Waals surface area contributed by atoms with E-state index in [9.17, 15) is 5.11 Å². The smallest absolute Gasteiger partial charge is 0.0771 e. The van der Waals surface area contributed by atoms with E-state index in [1.165, 1.54) is 5.56 Å². The zero-order chi connectivity index (χ0) is 18.0. The quantitative estimate of drug-likeness (QED) is 0.746. The molecule has 1 heterocycles. The van der Waals surface area contributed by atoms with Crippen LogP contribution in [-0.2, 0) is 13.1 Å². The Hall–Kier alpha value is -0.910. The van der Waals surface area contributed by atoms with Gasteiger partial charge in [-0.2, -0.15) is 5.10 Å². The van der Waals surface area contributed by atoms with Gasteiger partial charge in [-0.25, -0.2) is 0 Å². The lowest BCUT2D eigenvalue weighted by Gasteiger charge is -2.41. The van der Waals surface area contributed by atoms with Gasteiger partial charge in [-0.05, 0) is 50.9 Å². The molecule has 1 aromatic rings. The van der Waals surface area contributed by atoms with Crippen LogP contribution in [0.4, 0.5) is 0 Å². The molecule has 0 unspecified atom stereocenters. The van der Waals surface area contributed by atoms with E-state index >= 15 is 0 Å². The minimum atomic E-state index is -0.579. The predicted octanol–water partition coefficient (Wildman–Crippen LogP) is 2.55. The first kappa shape index (κ1) is 19.4. The summed E-state index contributed by atoms with van der Waals surface area (Å²) in [5.41, 5.74) is 3.03. The summed E-state index contributed by atoms with van der Waals surface area (Å²) < 4.78 is 1.86. The predicted molar refractivity (Wildman–Crippen MR) is 96.9 cm³/mol. The van der Waals surface area contributed by atoms with Crippen LogP contribution in [0, 0.1) is 25.2 Å². The largest absolute Gasteiger partial charge is 0.394 e. The lowest BCUT2D eigenvalue weighted by molar-refractivity contribution is -0.0239. The van der Waals surface area contributed by atoms with Crippen LogP contribution in [0.2, 0.25) is 0 Å². The Morgan fingerprint density at radius 1 is 1.25 bits per heavy atom. The van der Waals surface area contributed by atoms with Crippen LogP contribution in [-0.4, -0.2) is 38.7 Å². The fourth-order valence-electron chi connectivity index (χ4n) is 3.92. The molecule has 1 aliphatic carbocycles. The molecular weight excluding hydrogens is 302 g/mol. The van der Waals surface area contributed by atoms with Crippen LogP contribution in [0.1, 0.15) is 63.4 Å². The average molecular weight is 338 g/mol. The molecule has 0 aromatic carbocycles. The zero-order valence-corrected chi connectivity index (χ0v) is 16.0. The van der Waals surface area contributed by atoms with Gasteiger partial charge in [-0.1, -0.05) is 20.8 Å². The number of aromatic nitrogens is 2. The molecule has 5 heteroatoms. The third-order valence-corrected chi connectivity index (χ3v) is 5.74. The highest BCUT2D eigenvalue weighted by atomic mass is 16.3. The Morgan fingerprint density at radius 2 is 1.88 bits per heavy atom. The van der Waals surface area contributed by atoms with Gasteiger partial charge in [0, 0.05) is 24.3 Å². The molecule has 0 radical (unpaired) electrons. The van der Waals surface area contributed by atoms with E-state index in [0.29, 0.717) is 31.0 Å². The summed E-state index contributed by atoms with van der Waals surface area (Å²) in [6.45, 7) is 12.9. The highest BCUT2D eigenvalue weighted by Crippen LogP contribution is 2.41. The molecule has 1 aromatic heterocycles. The van der Waals surface area contributed by atoms with Gasteiger partial charge in [0.2, 0.25) is 0 Å². The number of hydrogen-bond acceptors (Lipinski definition) is 4. The van der Waals surface area contributed by atoms with Crippen molar-refractivity contribution in [2.45, 2.75) is 79.0 Å². The molecule has 1 saturated carbocycles. The topological polar surface area (TPSA) is 70.3 Å². The summed E-state index contributed by atoms with van der Waals surface area (Å²) in [5, 5.41) is 27.8. The number of nitrogens with zero attached hydrogens (tertiary/aromatic N) is 2. The van der Waals surface area contributed by atoms with E-state index in [1.807, 2.05) is 18.5 Å². The Balaban J connectivity index is 1.86. The van der Waals surface area contributed by atoms with Crippen molar-refractivity contribution in [1.82, 2.24) is 15.1 Å². The maximum Gasteiger partial charge on any atom is 0.0771 e. The second-order valence-corrected chi connectivity index (χ2v) is 8.56. The molecule has 5 nitrogen and oxygen atoms in total. The maximum atomic E-state index is 10.8. The second-order valence-electron chi connectivity index (χ2n) is 8.56. The zero-order valence-electron chi connectivity index (χ0n) is 16.0. The molecule has 0 bridgehead atoms. The fraction of sp³-hybridized carbons (Fsp3) is 0.842. The van der Waals surface area contributed by atoms with Crippen molar-refractivity contribution in [3.8, 4) is 0 Å². The van der Waals surface area contributed by atoms with Crippen molar-refractivity contribution in [1.29, 1.82) is 0 Å². The van der Waals surface area contributed by atoms with Gasteiger partial charge in [0.15, 0.2) is 0 Å². The van der Waals surface area contributed by atoms with E-state index in [-0.39, 0.29) is 6.61 Å². The summed E-state index contributed by atoms with van der Waals surface area (Å²) in [5.74, 6) is 0.707. The molecule has 24 heavy (non-hydrogen) atoms. The van der Waals surface area contributed by atoms with Crippen LogP contribution in [0.15, 0.2) is 0 Å². The van der Waals surface area contributed by atoms with Crippen molar-refractivity contribution in [2.24, 2.45) is 11.3 Å². The molecular formula is C19H35N3O2. The molecule has 0 saturated heterocycles. The number of rotatable bonds is 6. The van der Waals surface area contributed by atoms with E-state index in [1.54, 1.807) is 0 Å². The van der Waals surface area contributed by atoms with Crippen molar-refractivity contribution >= 4 is 0 Å². The van der Waals surface area contributed by atoms with E-state index in [0.717, 1.165) is 37.1 Å². The number of nitrogens with one attached hydrogen (secondary N) is 1. The summed E-state index contributed by atoms with van der Waals surface area (Å²) in [4.78, 5) is 0. The lowest BCUT2D eigenvalue weighted by atomic mass is 9.68. The van der Waals surface area contributed by atoms with Crippen molar-refractivity contribution in [2.75, 3.05) is 13.2 Å². The maximum absolute atomic E-state index is 10.8. The van der Waals surface area contributed by atoms with Crippen molar-refractivity contribution < 1.29 is 10.2 Å². The first-order valence-electron chi connectivity index (χ1n) is 9.23. The summed E-state index contributed by atoms with van der Waals surface area (Å²) in [6, 6.07) is 0. The van der Waals surface area contributed by atoms with Gasteiger partial charge in [-0.3, -0.25) is 4.68 Å². The number of aryl methyl sites for hydroxylation is 1. The SMILES string of the molecule is Cc1nn(CCO)c(C)c1CNCC1(O)CCC(C(C)(C)C)CC1. The first-order valence-corrected chi connectivity index (χ1v) is 9.23. The molecule has 1 fully saturated rings. The van der Waals surface area contributed by atoms with Crippen molar-refractivity contribution in [3.63, 3.8) is 0 Å². The minimum absolute atomic E-state index is 0.101.